The Kier molecular flexibility index (Phi) is 1.48. The largest absolute Gasteiger partial charge is 0.512 e. The number of carbonyl (C=O) groups is 1. The number of amides is 1. The van der Waals surface area contributed by atoms with E-state index in [9.17, 15) is 4.79 Å². The van der Waals surface area contributed by atoms with Gasteiger partial charge in [-0.15, -0.1) is 0 Å². The maximum atomic E-state index is 10.8. The van der Waals surface area contributed by atoms with Crippen LogP contribution in [0.25, 0.3) is 0 Å². The van der Waals surface area contributed by atoms with Crippen molar-refractivity contribution in [3.63, 3.8) is 0 Å². The van der Waals surface area contributed by atoms with Crippen molar-refractivity contribution < 1.29 is 9.90 Å². The van der Waals surface area contributed by atoms with Crippen LogP contribution < -0.4 is 5.73 Å². The lowest BCUT2D eigenvalue weighted by Gasteiger charge is -1.95. The second-order valence-corrected chi connectivity index (χ2v) is 2.14. The van der Waals surface area contributed by atoms with Crippen LogP contribution in [0.2, 0.25) is 0 Å². The van der Waals surface area contributed by atoms with Gasteiger partial charge in [-0.1, -0.05) is 0 Å². The molecule has 5 nitrogen and oxygen atoms in total. The fraction of sp³-hybridized carbons (Fsp3) is 0.167. The van der Waals surface area contributed by atoms with Gasteiger partial charge in [0.2, 0.25) is 0 Å². The lowest BCUT2D eigenvalue weighted by molar-refractivity contribution is -0.113. The molecular weight excluding hydrogens is 146 g/mol. The van der Waals surface area contributed by atoms with Crippen LogP contribution >= 0.6 is 0 Å². The van der Waals surface area contributed by atoms with Crippen molar-refractivity contribution >= 4 is 17.5 Å². The van der Waals surface area contributed by atoms with Crippen molar-refractivity contribution in [2.45, 2.75) is 6.92 Å². The van der Waals surface area contributed by atoms with Gasteiger partial charge in [-0.3, -0.25) is 10.2 Å². The number of carbonyl (C=O) groups excluding carboxylic acids is 1. The number of amidine groups is 1. The van der Waals surface area contributed by atoms with Gasteiger partial charge in [-0.05, 0) is 6.92 Å². The number of hydrogen-bond acceptors (Lipinski definition) is 4. The smallest absolute Gasteiger partial charge is 0.284 e. The summed E-state index contributed by atoms with van der Waals surface area (Å²) in [7, 11) is 0. The monoisotopic (exact) mass is 153 g/mol. The SMILES string of the molecule is C/C(O)=C1/C(=N)C(N)=NC1=O. The van der Waals surface area contributed by atoms with Crippen LogP contribution in [0.5, 0.6) is 0 Å². The van der Waals surface area contributed by atoms with Crippen molar-refractivity contribution in [1.29, 1.82) is 5.41 Å². The number of rotatable bonds is 0. The van der Waals surface area contributed by atoms with Gasteiger partial charge in [-0.25, -0.2) is 0 Å². The molecule has 0 aromatic carbocycles. The van der Waals surface area contributed by atoms with Crippen LogP contribution in [-0.4, -0.2) is 22.6 Å². The number of nitrogens with two attached hydrogens (primary N) is 1. The van der Waals surface area contributed by atoms with Gasteiger partial charge in [0, 0.05) is 0 Å². The first kappa shape index (κ1) is 7.46. The second kappa shape index (κ2) is 2.19. The second-order valence-electron chi connectivity index (χ2n) is 2.14. The Labute approximate surface area is 62.7 Å². The lowest BCUT2D eigenvalue weighted by atomic mass is 10.1. The van der Waals surface area contributed by atoms with Gasteiger partial charge in [0.25, 0.3) is 5.91 Å². The summed E-state index contributed by atoms with van der Waals surface area (Å²) in [5, 5.41) is 16.1. The molecular formula is C6H7N3O2. The van der Waals surface area contributed by atoms with Gasteiger partial charge >= 0.3 is 0 Å². The van der Waals surface area contributed by atoms with Crippen molar-refractivity contribution in [2.75, 3.05) is 0 Å². The van der Waals surface area contributed by atoms with Crippen LogP contribution in [0.4, 0.5) is 0 Å². The molecule has 11 heavy (non-hydrogen) atoms. The normalized spacial score (nSPS) is 22.1. The Bertz CT molecular complexity index is 297. The first-order chi connectivity index (χ1) is 5.04. The summed E-state index contributed by atoms with van der Waals surface area (Å²) >= 11 is 0. The van der Waals surface area contributed by atoms with Gasteiger partial charge < -0.3 is 10.8 Å². The maximum Gasteiger partial charge on any atom is 0.284 e. The molecule has 0 saturated heterocycles. The van der Waals surface area contributed by atoms with Crippen LogP contribution in [0.15, 0.2) is 16.3 Å². The summed E-state index contributed by atoms with van der Waals surface area (Å²) < 4.78 is 0. The summed E-state index contributed by atoms with van der Waals surface area (Å²) in [5.41, 5.74) is 4.85. The van der Waals surface area contributed by atoms with E-state index in [2.05, 4.69) is 4.99 Å². The van der Waals surface area contributed by atoms with E-state index in [0.717, 1.165) is 0 Å². The molecule has 0 aromatic rings. The van der Waals surface area contributed by atoms with Gasteiger partial charge in [0.05, 0.1) is 0 Å². The van der Waals surface area contributed by atoms with E-state index < -0.39 is 5.91 Å². The first-order valence-electron chi connectivity index (χ1n) is 2.91. The highest BCUT2D eigenvalue weighted by Crippen LogP contribution is 2.11. The minimum Gasteiger partial charge on any atom is -0.512 e. The highest BCUT2D eigenvalue weighted by molar-refractivity contribution is 6.57. The van der Waals surface area contributed by atoms with E-state index in [1.54, 1.807) is 0 Å². The molecule has 1 rings (SSSR count). The molecule has 0 spiro atoms. The molecule has 0 bridgehead atoms. The van der Waals surface area contributed by atoms with E-state index in [1.165, 1.54) is 6.92 Å². The Morgan fingerprint density at radius 1 is 1.73 bits per heavy atom. The number of aliphatic hydroxyl groups is 1. The van der Waals surface area contributed by atoms with Crippen LogP contribution in [0, 0.1) is 5.41 Å². The number of nitrogens with one attached hydrogen (secondary N) is 1. The molecule has 0 aliphatic carbocycles. The maximum absolute atomic E-state index is 10.8. The molecule has 1 amide bonds. The molecule has 1 aliphatic rings. The molecule has 1 aliphatic heterocycles. The van der Waals surface area contributed by atoms with Crippen molar-refractivity contribution in [2.24, 2.45) is 10.7 Å². The van der Waals surface area contributed by atoms with Crippen molar-refractivity contribution in [3.8, 4) is 0 Å². The van der Waals surface area contributed by atoms with E-state index in [4.69, 9.17) is 16.2 Å². The van der Waals surface area contributed by atoms with Crippen LogP contribution in [0.3, 0.4) is 0 Å². The van der Waals surface area contributed by atoms with Crippen molar-refractivity contribution in [1.82, 2.24) is 0 Å². The highest BCUT2D eigenvalue weighted by Gasteiger charge is 2.27. The standard InChI is InChI=1S/C6H7N3O2/c1-2(10)3-4(7)5(8)9-6(3)11/h7,10H,1H3,(H2,8,9,11)/b3-2+,7-4?. The third-order valence-corrected chi connectivity index (χ3v) is 1.30. The molecule has 5 heteroatoms. The van der Waals surface area contributed by atoms with E-state index in [0.29, 0.717) is 0 Å². The van der Waals surface area contributed by atoms with Gasteiger partial charge in [0.15, 0.2) is 5.84 Å². The molecule has 0 aromatic heterocycles. The fourth-order valence-electron chi connectivity index (χ4n) is 0.792. The summed E-state index contributed by atoms with van der Waals surface area (Å²) in [5.74, 6) is -1.00. The van der Waals surface area contributed by atoms with E-state index in [1.807, 2.05) is 0 Å². The number of hydrogen-bond donors (Lipinski definition) is 3. The summed E-state index contributed by atoms with van der Waals surface area (Å²) in [6.07, 6.45) is 0. The lowest BCUT2D eigenvalue weighted by Crippen LogP contribution is -2.20. The Hall–Kier alpha value is -1.65. The predicted octanol–water partition coefficient (Wildman–Crippen LogP) is -0.264. The topological polar surface area (TPSA) is 99.5 Å². The van der Waals surface area contributed by atoms with Gasteiger partial charge in [-0.2, -0.15) is 4.99 Å². The number of nitrogens with zero attached hydrogens (tertiary/aromatic N) is 1. The quantitative estimate of drug-likeness (QED) is 0.330. The van der Waals surface area contributed by atoms with Crippen LogP contribution in [0.1, 0.15) is 6.92 Å². The molecule has 0 fully saturated rings. The number of aliphatic imine (C=N–C) groups is 1. The Morgan fingerprint density at radius 2 is 2.27 bits per heavy atom. The average molecular weight is 153 g/mol. The van der Waals surface area contributed by atoms with Gasteiger partial charge in [0.1, 0.15) is 17.0 Å². The van der Waals surface area contributed by atoms with Crippen molar-refractivity contribution in [3.05, 3.63) is 11.3 Å². The molecule has 0 unspecified atom stereocenters. The third kappa shape index (κ3) is 1.000. The Morgan fingerprint density at radius 3 is 2.45 bits per heavy atom. The summed E-state index contributed by atoms with van der Waals surface area (Å²) in [6.45, 7) is 1.32. The molecule has 1 heterocycles. The minimum absolute atomic E-state index is 0.109. The fourth-order valence-corrected chi connectivity index (χ4v) is 0.792. The highest BCUT2D eigenvalue weighted by atomic mass is 16.3. The summed E-state index contributed by atoms with van der Waals surface area (Å²) in [6, 6.07) is 0. The van der Waals surface area contributed by atoms with E-state index in [-0.39, 0.29) is 22.9 Å². The van der Waals surface area contributed by atoms with Crippen LogP contribution in [-0.2, 0) is 4.79 Å². The first-order valence-corrected chi connectivity index (χ1v) is 2.91. The Balaban J connectivity index is 3.20. The zero-order valence-electron chi connectivity index (χ0n) is 5.88. The number of aliphatic hydroxyl groups excluding tert-OH is 1. The third-order valence-electron chi connectivity index (χ3n) is 1.30. The molecule has 4 N–H and O–H groups in total. The predicted molar refractivity (Wildman–Crippen MR) is 39.7 cm³/mol. The molecule has 58 valence electrons. The minimum atomic E-state index is -0.646. The molecule has 0 radical (unpaired) electrons. The number of allylic oxidation sites excluding steroid dienone is 1. The summed E-state index contributed by atoms with van der Waals surface area (Å²) in [4.78, 5) is 14.1. The molecule has 0 atom stereocenters. The zero-order valence-corrected chi connectivity index (χ0v) is 5.88. The average Bonchev–Trinajstić information content (AvgIpc) is 2.07. The van der Waals surface area contributed by atoms with E-state index >= 15 is 0 Å². The zero-order chi connectivity index (χ0) is 8.59. The molecule has 0 saturated carbocycles.